The van der Waals surface area contributed by atoms with E-state index in [2.05, 4.69) is 5.32 Å². The van der Waals surface area contributed by atoms with Crippen LogP contribution in [-0.4, -0.2) is 22.9 Å². The van der Waals surface area contributed by atoms with Crippen molar-refractivity contribution in [3.05, 3.63) is 28.7 Å². The quantitative estimate of drug-likeness (QED) is 0.693. The minimum atomic E-state index is -0.984. The Morgan fingerprint density at radius 3 is 2.52 bits per heavy atom. The van der Waals surface area contributed by atoms with Gasteiger partial charge in [-0.25, -0.2) is 0 Å². The van der Waals surface area contributed by atoms with Crippen molar-refractivity contribution in [3.63, 3.8) is 0 Å². The van der Waals surface area contributed by atoms with Crippen LogP contribution in [0.3, 0.4) is 0 Å². The largest absolute Gasteiger partial charge is 0.481 e. The zero-order chi connectivity index (χ0) is 17.0. The van der Waals surface area contributed by atoms with Crippen LogP contribution in [0, 0.1) is 11.8 Å². The van der Waals surface area contributed by atoms with Crippen LogP contribution < -0.4 is 11.1 Å². The summed E-state index contributed by atoms with van der Waals surface area (Å²) in [4.78, 5) is 36.3. The first kappa shape index (κ1) is 17.2. The van der Waals surface area contributed by atoms with Gasteiger partial charge < -0.3 is 16.2 Å². The number of rotatable bonds is 6. The molecule has 1 heterocycles. The summed E-state index contributed by atoms with van der Waals surface area (Å²) in [5, 5.41) is 12.4. The molecular weight excluding hydrogens is 316 g/mol. The van der Waals surface area contributed by atoms with Crippen molar-refractivity contribution < 1.29 is 19.5 Å². The highest BCUT2D eigenvalue weighted by atomic mass is 32.1. The Labute approximate surface area is 138 Å². The fraction of sp³-hybridized carbons (Fsp3) is 0.438. The van der Waals surface area contributed by atoms with E-state index in [-0.39, 0.29) is 11.5 Å². The molecule has 6 nitrogen and oxygen atoms in total. The highest BCUT2D eigenvalue weighted by Crippen LogP contribution is 2.32. The molecule has 0 saturated heterocycles. The van der Waals surface area contributed by atoms with E-state index in [1.807, 2.05) is 13.0 Å². The highest BCUT2D eigenvalue weighted by Gasteiger charge is 2.34. The number of carbonyl (C=O) groups is 3. The summed E-state index contributed by atoms with van der Waals surface area (Å²) in [7, 11) is 0. The van der Waals surface area contributed by atoms with E-state index < -0.39 is 23.7 Å². The van der Waals surface area contributed by atoms with Crippen LogP contribution in [0.15, 0.2) is 18.2 Å². The molecule has 7 heteroatoms. The second-order valence-corrected chi connectivity index (χ2v) is 6.69. The molecule has 4 N–H and O–H groups in total. The molecule has 0 radical (unpaired) electrons. The van der Waals surface area contributed by atoms with Crippen LogP contribution in [-0.2, 0) is 16.0 Å². The predicted molar refractivity (Wildman–Crippen MR) is 88.5 cm³/mol. The fourth-order valence-electron chi connectivity index (χ4n) is 2.67. The molecule has 2 amide bonds. The normalized spacial score (nSPS) is 20.2. The molecule has 1 aromatic rings. The monoisotopic (exact) mass is 336 g/mol. The molecular formula is C16H20N2O4S. The number of aryl methyl sites for hydroxylation is 1. The summed E-state index contributed by atoms with van der Waals surface area (Å²) in [6.07, 6.45) is 6.02. The second kappa shape index (κ2) is 7.41. The van der Waals surface area contributed by atoms with E-state index in [9.17, 15) is 19.5 Å². The number of nitrogens with one attached hydrogen (secondary N) is 1. The maximum absolute atomic E-state index is 12.5. The van der Waals surface area contributed by atoms with Crippen molar-refractivity contribution in [3.8, 4) is 0 Å². The minimum absolute atomic E-state index is 0.282. The zero-order valence-electron chi connectivity index (χ0n) is 12.9. The summed E-state index contributed by atoms with van der Waals surface area (Å²) in [6.45, 7) is 2.02. The van der Waals surface area contributed by atoms with Crippen molar-refractivity contribution in [1.29, 1.82) is 0 Å². The molecule has 23 heavy (non-hydrogen) atoms. The molecule has 0 unspecified atom stereocenters. The molecule has 1 aliphatic rings. The number of carbonyl (C=O) groups excluding carboxylic acids is 2. The highest BCUT2D eigenvalue weighted by molar-refractivity contribution is 7.16. The number of anilines is 1. The number of primary amides is 1. The van der Waals surface area contributed by atoms with Crippen molar-refractivity contribution in [2.75, 3.05) is 5.32 Å². The topological polar surface area (TPSA) is 109 Å². The van der Waals surface area contributed by atoms with E-state index in [0.717, 1.165) is 17.7 Å². The van der Waals surface area contributed by atoms with Crippen LogP contribution in [0.1, 0.15) is 41.4 Å². The van der Waals surface area contributed by atoms with Crippen LogP contribution in [0.4, 0.5) is 5.00 Å². The van der Waals surface area contributed by atoms with Crippen LogP contribution in [0.2, 0.25) is 0 Å². The third-order valence-electron chi connectivity index (χ3n) is 3.87. The number of allylic oxidation sites excluding steroid dienone is 2. The van der Waals surface area contributed by atoms with E-state index in [1.54, 1.807) is 12.1 Å². The lowest BCUT2D eigenvalue weighted by Crippen LogP contribution is -2.34. The molecule has 1 aliphatic carbocycles. The van der Waals surface area contributed by atoms with Gasteiger partial charge in [-0.05, 0) is 25.3 Å². The summed E-state index contributed by atoms with van der Waals surface area (Å²) in [6, 6.07) is 1.70. The number of hydrogen-bond acceptors (Lipinski definition) is 4. The third kappa shape index (κ3) is 3.98. The molecule has 1 aromatic heterocycles. The number of carboxylic acid groups (broad SMARTS) is 1. The molecule has 2 atom stereocenters. The smallest absolute Gasteiger partial charge is 0.307 e. The SMILES string of the molecule is CCCc1cc(C(N)=O)c(NC(=O)[C@H]2CC=CC[C@@H]2C(=O)O)s1. The van der Waals surface area contributed by atoms with Gasteiger partial charge in [0.25, 0.3) is 5.91 Å². The molecule has 0 aliphatic heterocycles. The van der Waals surface area contributed by atoms with E-state index in [1.165, 1.54) is 11.3 Å². The van der Waals surface area contributed by atoms with Gasteiger partial charge in [0.2, 0.25) is 5.91 Å². The Hall–Kier alpha value is -2.15. The Balaban J connectivity index is 2.20. The fourth-order valence-corrected chi connectivity index (χ4v) is 3.84. The first-order valence-electron chi connectivity index (χ1n) is 7.55. The van der Waals surface area contributed by atoms with Gasteiger partial charge in [0.15, 0.2) is 0 Å². The van der Waals surface area contributed by atoms with E-state index >= 15 is 0 Å². The third-order valence-corrected chi connectivity index (χ3v) is 4.98. The van der Waals surface area contributed by atoms with Crippen LogP contribution in [0.5, 0.6) is 0 Å². The number of hydrogen-bond donors (Lipinski definition) is 3. The molecule has 0 bridgehead atoms. The van der Waals surface area contributed by atoms with Gasteiger partial charge in [-0.3, -0.25) is 14.4 Å². The first-order valence-corrected chi connectivity index (χ1v) is 8.36. The predicted octanol–water partition coefficient (Wildman–Crippen LogP) is 2.41. The molecule has 0 fully saturated rings. The number of carboxylic acids is 1. The summed E-state index contributed by atoms with van der Waals surface area (Å²) in [5.74, 6) is -3.35. The minimum Gasteiger partial charge on any atom is -0.481 e. The Morgan fingerprint density at radius 1 is 1.30 bits per heavy atom. The molecule has 0 aromatic carbocycles. The average Bonchev–Trinajstić information content (AvgIpc) is 2.90. The van der Waals surface area contributed by atoms with Crippen molar-refractivity contribution in [2.24, 2.45) is 17.6 Å². The summed E-state index contributed by atoms with van der Waals surface area (Å²) >= 11 is 1.32. The van der Waals surface area contributed by atoms with Gasteiger partial charge in [0.05, 0.1) is 17.4 Å². The lowest BCUT2D eigenvalue weighted by Gasteiger charge is -2.24. The molecule has 0 spiro atoms. The van der Waals surface area contributed by atoms with Crippen molar-refractivity contribution >= 4 is 34.1 Å². The number of aliphatic carboxylic acids is 1. The number of amides is 2. The average molecular weight is 336 g/mol. The maximum Gasteiger partial charge on any atom is 0.307 e. The van der Waals surface area contributed by atoms with E-state index in [0.29, 0.717) is 17.8 Å². The lowest BCUT2D eigenvalue weighted by molar-refractivity contribution is -0.146. The van der Waals surface area contributed by atoms with Crippen molar-refractivity contribution in [1.82, 2.24) is 0 Å². The van der Waals surface area contributed by atoms with Gasteiger partial charge in [-0.15, -0.1) is 11.3 Å². The maximum atomic E-state index is 12.5. The van der Waals surface area contributed by atoms with Gasteiger partial charge in [0, 0.05) is 4.88 Å². The van der Waals surface area contributed by atoms with Gasteiger partial charge in [-0.1, -0.05) is 25.5 Å². The number of thiophene rings is 1. The van der Waals surface area contributed by atoms with Crippen LogP contribution >= 0.6 is 11.3 Å². The lowest BCUT2D eigenvalue weighted by atomic mass is 9.82. The standard InChI is InChI=1S/C16H20N2O4S/c1-2-5-9-8-12(13(17)19)15(23-9)18-14(20)10-6-3-4-7-11(10)16(21)22/h3-4,8,10-11H,2,5-7H2,1H3,(H2,17,19)(H,18,20)(H,21,22)/t10-,11-/m0/s1. The molecule has 2 rings (SSSR count). The molecule has 0 saturated carbocycles. The molecule has 124 valence electrons. The summed E-state index contributed by atoms with van der Waals surface area (Å²) in [5.41, 5.74) is 5.65. The zero-order valence-corrected chi connectivity index (χ0v) is 13.7. The Kier molecular flexibility index (Phi) is 5.54. The van der Waals surface area contributed by atoms with E-state index in [4.69, 9.17) is 5.73 Å². The van der Waals surface area contributed by atoms with Gasteiger partial charge in [0.1, 0.15) is 5.00 Å². The summed E-state index contributed by atoms with van der Waals surface area (Å²) < 4.78 is 0. The first-order chi connectivity index (χ1) is 10.9. The van der Waals surface area contributed by atoms with Crippen LogP contribution in [0.25, 0.3) is 0 Å². The van der Waals surface area contributed by atoms with Gasteiger partial charge >= 0.3 is 5.97 Å². The Bertz CT molecular complexity index is 651. The second-order valence-electron chi connectivity index (χ2n) is 5.55. The van der Waals surface area contributed by atoms with Crippen molar-refractivity contribution in [2.45, 2.75) is 32.6 Å². The Morgan fingerprint density at radius 2 is 1.96 bits per heavy atom. The van der Waals surface area contributed by atoms with Gasteiger partial charge in [-0.2, -0.15) is 0 Å². The number of nitrogens with two attached hydrogens (primary N) is 1.